The summed E-state index contributed by atoms with van der Waals surface area (Å²) in [7, 11) is 1.45. The van der Waals surface area contributed by atoms with Crippen molar-refractivity contribution >= 4 is 5.97 Å². The van der Waals surface area contributed by atoms with E-state index < -0.39 is 0 Å². The molecule has 13 heavy (non-hydrogen) atoms. The van der Waals surface area contributed by atoms with Crippen LogP contribution in [0, 0.1) is 11.8 Å². The van der Waals surface area contributed by atoms with E-state index in [4.69, 9.17) is 0 Å². The molecule has 0 aromatic carbocycles. The first-order chi connectivity index (χ1) is 6.10. The molecule has 0 aliphatic heterocycles. The molecule has 2 unspecified atom stereocenters. The summed E-state index contributed by atoms with van der Waals surface area (Å²) < 4.78 is 4.62. The van der Waals surface area contributed by atoms with Gasteiger partial charge in [0.1, 0.15) is 0 Å². The van der Waals surface area contributed by atoms with E-state index in [1.165, 1.54) is 20.0 Å². The molecule has 0 aliphatic carbocycles. The van der Waals surface area contributed by atoms with Crippen LogP contribution in [0.4, 0.5) is 0 Å². The molecule has 0 spiro atoms. The first-order valence-electron chi connectivity index (χ1n) is 5.16. The Kier molecular flexibility index (Phi) is 6.65. The van der Waals surface area contributed by atoms with Crippen LogP contribution in [-0.4, -0.2) is 13.1 Å². The average molecular weight is 186 g/mol. The van der Waals surface area contributed by atoms with E-state index in [9.17, 15) is 4.79 Å². The molecule has 0 saturated heterocycles. The fraction of sp³-hybridized carbons (Fsp3) is 0.909. The molecular weight excluding hydrogens is 164 g/mol. The number of carbonyl (C=O) groups excluding carboxylic acids is 1. The highest BCUT2D eigenvalue weighted by molar-refractivity contribution is 5.69. The molecule has 0 heterocycles. The van der Waals surface area contributed by atoms with Gasteiger partial charge in [0.25, 0.3) is 0 Å². The van der Waals surface area contributed by atoms with E-state index in [-0.39, 0.29) is 5.97 Å². The molecule has 0 radical (unpaired) electrons. The molecule has 0 rings (SSSR count). The van der Waals surface area contributed by atoms with Gasteiger partial charge < -0.3 is 4.74 Å². The molecule has 0 N–H and O–H groups in total. The van der Waals surface area contributed by atoms with Crippen LogP contribution >= 0.6 is 0 Å². The molecule has 0 fully saturated rings. The maximum absolute atomic E-state index is 10.9. The van der Waals surface area contributed by atoms with E-state index >= 15 is 0 Å². The summed E-state index contributed by atoms with van der Waals surface area (Å²) >= 11 is 0. The highest BCUT2D eigenvalue weighted by atomic mass is 16.5. The van der Waals surface area contributed by atoms with Crippen LogP contribution in [0.2, 0.25) is 0 Å². The predicted octanol–water partition coefficient (Wildman–Crippen LogP) is 3.01. The first-order valence-corrected chi connectivity index (χ1v) is 5.16. The molecular formula is C11H22O2. The second kappa shape index (κ2) is 6.93. The normalized spacial score (nSPS) is 15.1. The summed E-state index contributed by atoms with van der Waals surface area (Å²) in [5.74, 6) is 1.15. The topological polar surface area (TPSA) is 26.3 Å². The molecule has 78 valence electrons. The minimum Gasteiger partial charge on any atom is -0.469 e. The molecule has 0 aromatic rings. The molecule has 0 amide bonds. The van der Waals surface area contributed by atoms with Gasteiger partial charge in [0.05, 0.1) is 7.11 Å². The van der Waals surface area contributed by atoms with Gasteiger partial charge in [-0.15, -0.1) is 0 Å². The quantitative estimate of drug-likeness (QED) is 0.596. The van der Waals surface area contributed by atoms with E-state index in [1.807, 2.05) is 0 Å². The van der Waals surface area contributed by atoms with Gasteiger partial charge in [-0.1, -0.05) is 33.6 Å². The summed E-state index contributed by atoms with van der Waals surface area (Å²) in [6, 6.07) is 0. The van der Waals surface area contributed by atoms with Crippen LogP contribution in [0.15, 0.2) is 0 Å². The van der Waals surface area contributed by atoms with Crippen molar-refractivity contribution in [3.05, 3.63) is 0 Å². The summed E-state index contributed by atoms with van der Waals surface area (Å²) in [5, 5.41) is 0. The second-order valence-corrected chi connectivity index (χ2v) is 3.98. The van der Waals surface area contributed by atoms with Crippen molar-refractivity contribution < 1.29 is 9.53 Å². The number of carbonyl (C=O) groups is 1. The van der Waals surface area contributed by atoms with Gasteiger partial charge in [-0.3, -0.25) is 4.79 Å². The number of methoxy groups -OCH3 is 1. The maximum atomic E-state index is 10.9. The maximum Gasteiger partial charge on any atom is 0.305 e. The highest BCUT2D eigenvalue weighted by Crippen LogP contribution is 2.17. The Morgan fingerprint density at radius 2 is 1.77 bits per heavy atom. The molecule has 0 aliphatic rings. The van der Waals surface area contributed by atoms with Gasteiger partial charge in [-0.2, -0.15) is 0 Å². The van der Waals surface area contributed by atoms with Gasteiger partial charge in [-0.05, 0) is 18.3 Å². The lowest BCUT2D eigenvalue weighted by molar-refractivity contribution is -0.141. The van der Waals surface area contributed by atoms with Crippen molar-refractivity contribution in [1.29, 1.82) is 0 Å². The Bertz CT molecular complexity index is 143. The number of esters is 1. The van der Waals surface area contributed by atoms with Crippen molar-refractivity contribution in [3.8, 4) is 0 Å². The Morgan fingerprint density at radius 1 is 1.23 bits per heavy atom. The first kappa shape index (κ1) is 12.5. The van der Waals surface area contributed by atoms with Crippen molar-refractivity contribution in [2.24, 2.45) is 11.8 Å². The van der Waals surface area contributed by atoms with Gasteiger partial charge in [0, 0.05) is 6.42 Å². The number of hydrogen-bond acceptors (Lipinski definition) is 2. The Labute approximate surface area is 81.7 Å². The van der Waals surface area contributed by atoms with E-state index in [1.54, 1.807) is 0 Å². The molecule has 2 heteroatoms. The Hall–Kier alpha value is -0.530. The van der Waals surface area contributed by atoms with Crippen LogP contribution in [0.3, 0.4) is 0 Å². The highest BCUT2D eigenvalue weighted by Gasteiger charge is 2.10. The van der Waals surface area contributed by atoms with Crippen molar-refractivity contribution in [3.63, 3.8) is 0 Å². The van der Waals surface area contributed by atoms with Crippen molar-refractivity contribution in [2.75, 3.05) is 7.11 Å². The summed E-state index contributed by atoms with van der Waals surface area (Å²) in [6.45, 7) is 6.57. The van der Waals surface area contributed by atoms with Crippen LogP contribution in [-0.2, 0) is 9.53 Å². The largest absolute Gasteiger partial charge is 0.469 e. The smallest absolute Gasteiger partial charge is 0.305 e. The average Bonchev–Trinajstić information content (AvgIpc) is 2.13. The van der Waals surface area contributed by atoms with Gasteiger partial charge in [0.2, 0.25) is 0 Å². The van der Waals surface area contributed by atoms with Crippen LogP contribution in [0.1, 0.15) is 46.5 Å². The van der Waals surface area contributed by atoms with E-state index in [2.05, 4.69) is 25.5 Å². The number of rotatable bonds is 6. The molecule has 0 bridgehead atoms. The van der Waals surface area contributed by atoms with Crippen molar-refractivity contribution in [2.45, 2.75) is 46.5 Å². The predicted molar refractivity (Wildman–Crippen MR) is 54.5 cm³/mol. The Balaban J connectivity index is 3.50. The van der Waals surface area contributed by atoms with Crippen molar-refractivity contribution in [1.82, 2.24) is 0 Å². The third-order valence-corrected chi connectivity index (χ3v) is 2.59. The summed E-state index contributed by atoms with van der Waals surface area (Å²) in [5.41, 5.74) is 0. The lowest BCUT2D eigenvalue weighted by Crippen LogP contribution is -2.08. The molecule has 0 saturated carbocycles. The number of hydrogen-bond donors (Lipinski definition) is 0. The van der Waals surface area contributed by atoms with Gasteiger partial charge >= 0.3 is 5.97 Å². The van der Waals surface area contributed by atoms with E-state index in [0.29, 0.717) is 12.3 Å². The zero-order valence-corrected chi connectivity index (χ0v) is 9.30. The zero-order chi connectivity index (χ0) is 10.3. The summed E-state index contributed by atoms with van der Waals surface area (Å²) in [4.78, 5) is 10.9. The van der Waals surface area contributed by atoms with Crippen LogP contribution < -0.4 is 0 Å². The number of ether oxygens (including phenoxy) is 1. The zero-order valence-electron chi connectivity index (χ0n) is 9.30. The fourth-order valence-electron chi connectivity index (χ4n) is 1.24. The van der Waals surface area contributed by atoms with Crippen LogP contribution in [0.5, 0.6) is 0 Å². The van der Waals surface area contributed by atoms with Crippen LogP contribution in [0.25, 0.3) is 0 Å². The minimum atomic E-state index is -0.0864. The molecule has 0 aromatic heterocycles. The lowest BCUT2D eigenvalue weighted by atomic mass is 9.94. The monoisotopic (exact) mass is 186 g/mol. The SMILES string of the molecule is CCC(C)CCC(C)CC(=O)OC. The third kappa shape index (κ3) is 6.62. The fourth-order valence-corrected chi connectivity index (χ4v) is 1.24. The second-order valence-electron chi connectivity index (χ2n) is 3.98. The lowest BCUT2D eigenvalue weighted by Gasteiger charge is -2.12. The van der Waals surface area contributed by atoms with Gasteiger partial charge in [0.15, 0.2) is 0 Å². The Morgan fingerprint density at radius 3 is 2.23 bits per heavy atom. The third-order valence-electron chi connectivity index (χ3n) is 2.59. The van der Waals surface area contributed by atoms with E-state index in [0.717, 1.165) is 12.3 Å². The molecule has 2 nitrogen and oxygen atoms in total. The molecule has 2 atom stereocenters. The van der Waals surface area contributed by atoms with Gasteiger partial charge in [-0.25, -0.2) is 0 Å². The summed E-state index contributed by atoms with van der Waals surface area (Å²) in [6.07, 6.45) is 4.14. The minimum absolute atomic E-state index is 0.0864. The standard InChI is InChI=1S/C11H22O2/c1-5-9(2)6-7-10(3)8-11(12)13-4/h9-10H,5-8H2,1-4H3.